The third-order valence-electron chi connectivity index (χ3n) is 5.56. The Bertz CT molecular complexity index is 1370. The first-order valence-corrected chi connectivity index (χ1v) is 12.8. The van der Waals surface area contributed by atoms with E-state index >= 15 is 0 Å². The molecule has 14 heteroatoms. The fourth-order valence-electron chi connectivity index (χ4n) is 3.74. The summed E-state index contributed by atoms with van der Waals surface area (Å²) in [5.41, 5.74) is 5.90. The maximum Gasteiger partial charge on any atom is 0.277 e. The van der Waals surface area contributed by atoms with Crippen LogP contribution in [0.2, 0.25) is 0 Å². The molecule has 0 spiro atoms. The molecule has 0 radical (unpaired) electrons. The van der Waals surface area contributed by atoms with Gasteiger partial charge in [-0.1, -0.05) is 0 Å². The summed E-state index contributed by atoms with van der Waals surface area (Å²) in [6.45, 7) is 1.71. The maximum absolute atomic E-state index is 14.3. The number of ether oxygens (including phenoxy) is 1. The summed E-state index contributed by atoms with van der Waals surface area (Å²) in [4.78, 5) is 8.73. The van der Waals surface area contributed by atoms with Gasteiger partial charge in [0.1, 0.15) is 11.9 Å². The summed E-state index contributed by atoms with van der Waals surface area (Å²) in [5, 5.41) is 16.1. The Morgan fingerprint density at radius 2 is 2.00 bits per heavy atom. The summed E-state index contributed by atoms with van der Waals surface area (Å²) in [7, 11) is 1.54. The number of aliphatic hydroxyl groups excluding tert-OH is 1. The van der Waals surface area contributed by atoms with E-state index in [1.165, 1.54) is 36.1 Å². The zero-order valence-electron chi connectivity index (χ0n) is 21.6. The molecule has 3 aromatic rings. The summed E-state index contributed by atoms with van der Waals surface area (Å²) in [6.07, 6.45) is -4.47. The molecule has 0 saturated carbocycles. The van der Waals surface area contributed by atoms with Crippen LogP contribution in [0.1, 0.15) is 30.0 Å². The molecule has 0 unspecified atom stereocenters. The number of alkyl halides is 4. The van der Waals surface area contributed by atoms with Crippen LogP contribution in [-0.2, 0) is 19.9 Å². The van der Waals surface area contributed by atoms with Gasteiger partial charge in [-0.2, -0.15) is 5.10 Å². The van der Waals surface area contributed by atoms with E-state index in [2.05, 4.69) is 36.3 Å². The van der Waals surface area contributed by atoms with Gasteiger partial charge < -0.3 is 20.9 Å². The van der Waals surface area contributed by atoms with E-state index in [1.807, 2.05) is 0 Å². The van der Waals surface area contributed by atoms with Crippen LogP contribution in [0.5, 0.6) is 5.75 Å². The number of nitrogens with two attached hydrogens (primary N) is 1. The van der Waals surface area contributed by atoms with Crippen LogP contribution in [-0.4, -0.2) is 51.6 Å². The molecule has 0 fully saturated rings. The number of anilines is 1. The average molecular weight is 631 g/mol. The lowest BCUT2D eigenvalue weighted by molar-refractivity contribution is 0.147. The quantitative estimate of drug-likeness (QED) is 0.170. The largest absolute Gasteiger partial charge is 0.482 e. The number of aliphatic imine (C=N–C) groups is 1. The lowest BCUT2D eigenvalue weighted by atomic mass is 10.1. The van der Waals surface area contributed by atoms with Gasteiger partial charge in [-0.05, 0) is 59.3 Å². The predicted octanol–water partition coefficient (Wildman–Crippen LogP) is 5.49. The molecular formula is C26H28BrF5N6O2. The first-order valence-electron chi connectivity index (χ1n) is 12.1. The molecule has 0 aliphatic carbocycles. The molecular weight excluding hydrogens is 603 g/mol. The molecule has 1 aromatic carbocycles. The van der Waals surface area contributed by atoms with E-state index in [9.17, 15) is 22.0 Å². The van der Waals surface area contributed by atoms with Crippen LogP contribution in [0.15, 0.2) is 57.8 Å². The minimum atomic E-state index is -2.96. The lowest BCUT2D eigenvalue weighted by Crippen LogP contribution is -2.13. The highest BCUT2D eigenvalue weighted by atomic mass is 79.9. The van der Waals surface area contributed by atoms with E-state index in [-0.39, 0.29) is 42.2 Å². The maximum atomic E-state index is 14.3. The fraction of sp³-hybridized carbons (Fsp3) is 0.346. The minimum absolute atomic E-state index is 0.0684. The van der Waals surface area contributed by atoms with E-state index in [0.29, 0.717) is 21.7 Å². The number of benzene rings is 1. The molecule has 4 N–H and O–H groups in total. The molecule has 2 aromatic heterocycles. The second-order valence-corrected chi connectivity index (χ2v) is 9.60. The van der Waals surface area contributed by atoms with Crippen LogP contribution >= 0.6 is 15.9 Å². The highest BCUT2D eigenvalue weighted by Crippen LogP contribution is 2.34. The molecule has 0 saturated heterocycles. The molecule has 0 amide bonds. The number of pyridine rings is 1. The Hall–Kier alpha value is -3.52. The number of hydrogen-bond acceptors (Lipinski definition) is 7. The van der Waals surface area contributed by atoms with Crippen LogP contribution in [0, 0.1) is 5.82 Å². The first kappa shape index (κ1) is 31.0. The van der Waals surface area contributed by atoms with E-state index in [1.54, 1.807) is 13.0 Å². The Morgan fingerprint density at radius 1 is 1.25 bits per heavy atom. The van der Waals surface area contributed by atoms with Gasteiger partial charge in [-0.15, -0.1) is 0 Å². The Morgan fingerprint density at radius 3 is 2.67 bits per heavy atom. The number of halogens is 6. The Labute approximate surface area is 235 Å². The van der Waals surface area contributed by atoms with Gasteiger partial charge in [0.15, 0.2) is 11.6 Å². The van der Waals surface area contributed by atoms with Gasteiger partial charge in [-0.3, -0.25) is 9.67 Å². The van der Waals surface area contributed by atoms with Gasteiger partial charge in [-0.25, -0.2) is 26.9 Å². The minimum Gasteiger partial charge on any atom is -0.482 e. The molecule has 0 bridgehead atoms. The van der Waals surface area contributed by atoms with Gasteiger partial charge in [0.2, 0.25) is 6.43 Å². The third kappa shape index (κ3) is 8.74. The third-order valence-corrected chi connectivity index (χ3v) is 5.99. The number of allylic oxidation sites excluding steroid dienone is 2. The zero-order chi connectivity index (χ0) is 29.4. The fourth-order valence-corrected chi connectivity index (χ4v) is 4.05. The normalized spacial score (nSPS) is 13.3. The van der Waals surface area contributed by atoms with Gasteiger partial charge in [0, 0.05) is 47.7 Å². The zero-order valence-corrected chi connectivity index (χ0v) is 23.2. The van der Waals surface area contributed by atoms with Gasteiger partial charge in [0.25, 0.3) is 6.43 Å². The van der Waals surface area contributed by atoms with Crippen LogP contribution in [0.4, 0.5) is 33.5 Å². The van der Waals surface area contributed by atoms with E-state index in [0.717, 1.165) is 12.1 Å². The van der Waals surface area contributed by atoms with Crippen molar-refractivity contribution in [3.63, 3.8) is 0 Å². The second kappa shape index (κ2) is 14.2. The van der Waals surface area contributed by atoms with Crippen molar-refractivity contribution in [1.29, 1.82) is 0 Å². The molecule has 3 rings (SSSR count). The molecule has 2 heterocycles. The summed E-state index contributed by atoms with van der Waals surface area (Å²) < 4.78 is 74.7. The van der Waals surface area contributed by atoms with Crippen LogP contribution < -0.4 is 15.8 Å². The number of aryl methyl sites for hydroxylation is 1. The number of nitrogens with zero attached hydrogens (tertiary/aromatic N) is 4. The molecule has 0 aliphatic rings. The monoisotopic (exact) mass is 630 g/mol. The smallest absolute Gasteiger partial charge is 0.277 e. The van der Waals surface area contributed by atoms with Crippen LogP contribution in [0.25, 0.3) is 0 Å². The van der Waals surface area contributed by atoms with Crippen molar-refractivity contribution in [2.45, 2.75) is 38.7 Å². The standard InChI is InChI=1S/C26H28BrF5N6O2/c1-14(40-23-7-15(27)13-35-26(23)34-5-6-39)20-8-16(28)3-4-22(20)36-17(11-21(33)25(31)32)9-19-10-18(12-24(29)30)37-38(19)2/h3-4,7-8,10-11,13-14,24-25,39H,5-6,9,12,33H2,1-2H3,(H,34,35)/t14-/m1/s1. The predicted molar refractivity (Wildman–Crippen MR) is 145 cm³/mol. The molecule has 216 valence electrons. The first-order chi connectivity index (χ1) is 19.0. The molecule has 0 aliphatic heterocycles. The lowest BCUT2D eigenvalue weighted by Gasteiger charge is -2.20. The molecule has 8 nitrogen and oxygen atoms in total. The van der Waals surface area contributed by atoms with Crippen molar-refractivity contribution in [3.8, 4) is 5.75 Å². The Balaban J connectivity index is 2.02. The SMILES string of the molecule is C[C@@H](Oc1cc(Br)cnc1NCCO)c1cc(F)ccc1N=C(C=C(N)C(F)F)Cc1cc(CC(F)F)nn1C. The number of aliphatic hydroxyl groups is 1. The highest BCUT2D eigenvalue weighted by Gasteiger charge is 2.19. The Kier molecular flexibility index (Phi) is 11.0. The van der Waals surface area contributed by atoms with Crippen molar-refractivity contribution >= 4 is 33.1 Å². The average Bonchev–Trinajstić information content (AvgIpc) is 3.21. The summed E-state index contributed by atoms with van der Waals surface area (Å²) >= 11 is 3.33. The van der Waals surface area contributed by atoms with Crippen LogP contribution in [0.3, 0.4) is 0 Å². The molecule has 40 heavy (non-hydrogen) atoms. The van der Waals surface area contributed by atoms with E-state index < -0.39 is 36.9 Å². The van der Waals surface area contributed by atoms with Gasteiger partial charge >= 0.3 is 0 Å². The summed E-state index contributed by atoms with van der Waals surface area (Å²) in [6, 6.07) is 6.81. The topological polar surface area (TPSA) is 111 Å². The highest BCUT2D eigenvalue weighted by molar-refractivity contribution is 9.10. The van der Waals surface area contributed by atoms with Gasteiger partial charge in [0.05, 0.1) is 30.1 Å². The molecule has 1 atom stereocenters. The number of hydrogen-bond donors (Lipinski definition) is 3. The number of nitrogens with one attached hydrogen (secondary N) is 1. The van der Waals surface area contributed by atoms with Crippen molar-refractivity contribution in [1.82, 2.24) is 14.8 Å². The summed E-state index contributed by atoms with van der Waals surface area (Å²) in [5.74, 6) is 0.0653. The van der Waals surface area contributed by atoms with Crippen molar-refractivity contribution in [3.05, 3.63) is 75.5 Å². The van der Waals surface area contributed by atoms with Crippen molar-refractivity contribution < 1.29 is 31.8 Å². The van der Waals surface area contributed by atoms with Crippen molar-refractivity contribution in [2.75, 3.05) is 18.5 Å². The second-order valence-electron chi connectivity index (χ2n) is 8.68. The van der Waals surface area contributed by atoms with Crippen molar-refractivity contribution in [2.24, 2.45) is 17.8 Å². The number of aromatic nitrogens is 3. The number of rotatable bonds is 13. The van der Waals surface area contributed by atoms with E-state index in [4.69, 9.17) is 15.6 Å².